The number of nitrogens with two attached hydrogens (primary N) is 1. The number of ether oxygens (including phenoxy) is 1. The summed E-state index contributed by atoms with van der Waals surface area (Å²) in [7, 11) is 1.54. The molecule has 0 fully saturated rings. The zero-order valence-electron chi connectivity index (χ0n) is 7.43. The van der Waals surface area contributed by atoms with Gasteiger partial charge in [-0.15, -0.1) is 0 Å². The highest BCUT2D eigenvalue weighted by Crippen LogP contribution is 2.30. The van der Waals surface area contributed by atoms with E-state index in [1.54, 1.807) is 6.07 Å². The second-order valence-electron chi connectivity index (χ2n) is 2.60. The second kappa shape index (κ2) is 3.95. The van der Waals surface area contributed by atoms with Gasteiger partial charge in [0.15, 0.2) is 11.5 Å². The molecule has 0 amide bonds. The van der Waals surface area contributed by atoms with Crippen molar-refractivity contribution in [2.75, 3.05) is 12.8 Å². The number of hydrogen-bond acceptors (Lipinski definition) is 3. The number of halogens is 1. The smallest absolute Gasteiger partial charge is 0.162 e. The quantitative estimate of drug-likeness (QED) is 0.515. The van der Waals surface area contributed by atoms with E-state index in [0.717, 1.165) is 3.57 Å². The molecule has 2 N–H and O–H groups in total. The average Bonchev–Trinajstić information content (AvgIpc) is 2.04. The molecule has 1 aromatic carbocycles. The number of carbonyl (C=O) groups excluding carboxylic acids is 1. The summed E-state index contributed by atoms with van der Waals surface area (Å²) in [5, 5.41) is 0. The minimum Gasteiger partial charge on any atom is -0.493 e. The molecule has 0 saturated heterocycles. The fraction of sp³-hybridized carbons (Fsp3) is 0.222. The number of methoxy groups -OCH3 is 1. The molecule has 0 aliphatic carbocycles. The molecular weight excluding hydrogens is 281 g/mol. The molecule has 4 heteroatoms. The van der Waals surface area contributed by atoms with Crippen LogP contribution in [0.4, 0.5) is 5.69 Å². The van der Waals surface area contributed by atoms with Gasteiger partial charge in [0, 0.05) is 5.56 Å². The predicted octanol–water partition coefficient (Wildman–Crippen LogP) is 2.08. The summed E-state index contributed by atoms with van der Waals surface area (Å²) in [5.41, 5.74) is 6.67. The topological polar surface area (TPSA) is 52.3 Å². The Morgan fingerprint density at radius 1 is 1.54 bits per heavy atom. The number of benzene rings is 1. The van der Waals surface area contributed by atoms with E-state index in [2.05, 4.69) is 22.6 Å². The van der Waals surface area contributed by atoms with E-state index < -0.39 is 0 Å². The third kappa shape index (κ3) is 1.93. The lowest BCUT2D eigenvalue weighted by atomic mass is 10.1. The molecule has 0 aromatic heterocycles. The van der Waals surface area contributed by atoms with Crippen LogP contribution in [0.15, 0.2) is 12.1 Å². The van der Waals surface area contributed by atoms with Crippen molar-refractivity contribution in [2.24, 2.45) is 0 Å². The van der Waals surface area contributed by atoms with Crippen molar-refractivity contribution < 1.29 is 9.53 Å². The highest BCUT2D eigenvalue weighted by molar-refractivity contribution is 14.1. The van der Waals surface area contributed by atoms with Gasteiger partial charge >= 0.3 is 0 Å². The van der Waals surface area contributed by atoms with Crippen molar-refractivity contribution in [3.8, 4) is 5.75 Å². The summed E-state index contributed by atoms with van der Waals surface area (Å²) >= 11 is 2.11. The van der Waals surface area contributed by atoms with Crippen molar-refractivity contribution in [3.63, 3.8) is 0 Å². The number of carbonyl (C=O) groups is 1. The molecule has 13 heavy (non-hydrogen) atoms. The van der Waals surface area contributed by atoms with E-state index in [0.29, 0.717) is 17.0 Å². The van der Waals surface area contributed by atoms with E-state index in [9.17, 15) is 4.79 Å². The summed E-state index contributed by atoms with van der Waals surface area (Å²) < 4.78 is 5.99. The van der Waals surface area contributed by atoms with Crippen LogP contribution < -0.4 is 10.5 Å². The average molecular weight is 291 g/mol. The molecule has 0 saturated carbocycles. The fourth-order valence-electron chi connectivity index (χ4n) is 1.09. The van der Waals surface area contributed by atoms with Gasteiger partial charge in [-0.3, -0.25) is 4.79 Å². The summed E-state index contributed by atoms with van der Waals surface area (Å²) in [4.78, 5) is 11.1. The number of anilines is 1. The van der Waals surface area contributed by atoms with Crippen LogP contribution in [0.5, 0.6) is 5.75 Å². The molecular formula is C9H10INO2. The maximum Gasteiger partial charge on any atom is 0.162 e. The molecule has 0 aliphatic rings. The summed E-state index contributed by atoms with van der Waals surface area (Å²) in [6.45, 7) is 1.48. The van der Waals surface area contributed by atoms with Crippen molar-refractivity contribution in [3.05, 3.63) is 21.3 Å². The number of rotatable bonds is 2. The molecule has 1 rings (SSSR count). The van der Waals surface area contributed by atoms with Gasteiger partial charge in [-0.2, -0.15) is 0 Å². The Morgan fingerprint density at radius 3 is 2.62 bits per heavy atom. The van der Waals surface area contributed by atoms with Crippen LogP contribution >= 0.6 is 22.6 Å². The second-order valence-corrected chi connectivity index (χ2v) is 3.76. The first kappa shape index (κ1) is 10.3. The SMILES string of the molecule is COc1c(I)ccc(C(C)=O)c1N. The van der Waals surface area contributed by atoms with Crippen molar-refractivity contribution in [1.82, 2.24) is 0 Å². The van der Waals surface area contributed by atoms with E-state index in [1.807, 2.05) is 6.07 Å². The minimum atomic E-state index is -0.0489. The first-order chi connectivity index (χ1) is 6.07. The van der Waals surface area contributed by atoms with Gasteiger partial charge in [-0.25, -0.2) is 0 Å². The molecule has 0 atom stereocenters. The van der Waals surface area contributed by atoms with Gasteiger partial charge < -0.3 is 10.5 Å². The lowest BCUT2D eigenvalue weighted by Gasteiger charge is -2.09. The number of ketones is 1. The van der Waals surface area contributed by atoms with Crippen LogP contribution in [0.25, 0.3) is 0 Å². The first-order valence-corrected chi connectivity index (χ1v) is 4.78. The zero-order valence-corrected chi connectivity index (χ0v) is 9.58. The lowest BCUT2D eigenvalue weighted by molar-refractivity contribution is 0.101. The standard InChI is InChI=1S/C9H10INO2/c1-5(12)6-3-4-7(10)9(13-2)8(6)11/h3-4H,11H2,1-2H3. The largest absolute Gasteiger partial charge is 0.493 e. The minimum absolute atomic E-state index is 0.0489. The van der Waals surface area contributed by atoms with Gasteiger partial charge in [-0.1, -0.05) is 0 Å². The van der Waals surface area contributed by atoms with Crippen LogP contribution in [0.1, 0.15) is 17.3 Å². The number of hydrogen-bond donors (Lipinski definition) is 1. The van der Waals surface area contributed by atoms with Crippen LogP contribution in [-0.4, -0.2) is 12.9 Å². The molecule has 0 unspecified atom stereocenters. The molecule has 70 valence electrons. The summed E-state index contributed by atoms with van der Waals surface area (Å²) in [5.74, 6) is 0.528. The maximum atomic E-state index is 11.1. The summed E-state index contributed by atoms with van der Waals surface area (Å²) in [6.07, 6.45) is 0. The normalized spacial score (nSPS) is 9.77. The van der Waals surface area contributed by atoms with Gasteiger partial charge in [0.25, 0.3) is 0 Å². The molecule has 3 nitrogen and oxygen atoms in total. The highest BCUT2D eigenvalue weighted by Gasteiger charge is 2.11. The third-order valence-electron chi connectivity index (χ3n) is 1.73. The molecule has 0 heterocycles. The Balaban J connectivity index is 3.35. The third-order valence-corrected chi connectivity index (χ3v) is 2.58. The number of nitrogen functional groups attached to an aromatic ring is 1. The predicted molar refractivity (Wildman–Crippen MR) is 60.1 cm³/mol. The molecule has 0 bridgehead atoms. The van der Waals surface area contributed by atoms with Gasteiger partial charge in [-0.05, 0) is 41.6 Å². The highest BCUT2D eigenvalue weighted by atomic mass is 127. The first-order valence-electron chi connectivity index (χ1n) is 3.70. The van der Waals surface area contributed by atoms with Crippen LogP contribution in [0.3, 0.4) is 0 Å². The van der Waals surface area contributed by atoms with Crippen LogP contribution in [0.2, 0.25) is 0 Å². The Bertz CT molecular complexity index is 350. The van der Waals surface area contributed by atoms with Gasteiger partial charge in [0.05, 0.1) is 16.4 Å². The van der Waals surface area contributed by atoms with E-state index >= 15 is 0 Å². The maximum absolute atomic E-state index is 11.1. The lowest BCUT2D eigenvalue weighted by Crippen LogP contribution is -2.03. The van der Waals surface area contributed by atoms with Crippen LogP contribution in [-0.2, 0) is 0 Å². The summed E-state index contributed by atoms with van der Waals surface area (Å²) in [6, 6.07) is 3.52. The molecule has 0 spiro atoms. The Hall–Kier alpha value is -0.780. The number of Topliss-reactive ketones (excluding diaryl/α,β-unsaturated/α-hetero) is 1. The zero-order chi connectivity index (χ0) is 10.0. The Labute approximate surface area is 90.4 Å². The van der Waals surface area contributed by atoms with E-state index in [-0.39, 0.29) is 5.78 Å². The monoisotopic (exact) mass is 291 g/mol. The molecule has 1 aromatic rings. The Morgan fingerprint density at radius 2 is 2.15 bits per heavy atom. The van der Waals surface area contributed by atoms with Crippen molar-refractivity contribution >= 4 is 34.1 Å². The van der Waals surface area contributed by atoms with E-state index in [4.69, 9.17) is 10.5 Å². The molecule has 0 radical (unpaired) electrons. The van der Waals surface area contributed by atoms with Gasteiger partial charge in [0.2, 0.25) is 0 Å². The van der Waals surface area contributed by atoms with Crippen molar-refractivity contribution in [1.29, 1.82) is 0 Å². The Kier molecular flexibility index (Phi) is 3.13. The van der Waals surface area contributed by atoms with E-state index in [1.165, 1.54) is 14.0 Å². The molecule has 0 aliphatic heterocycles. The van der Waals surface area contributed by atoms with Crippen LogP contribution in [0, 0.1) is 3.57 Å². The fourth-order valence-corrected chi connectivity index (χ4v) is 1.78. The van der Waals surface area contributed by atoms with Crippen molar-refractivity contribution in [2.45, 2.75) is 6.92 Å². The van der Waals surface area contributed by atoms with Gasteiger partial charge in [0.1, 0.15) is 0 Å².